The highest BCUT2D eigenvalue weighted by Crippen LogP contribution is 2.27. The molecule has 2 aromatic heterocycles. The maximum absolute atomic E-state index is 12.2. The maximum atomic E-state index is 12.2. The summed E-state index contributed by atoms with van der Waals surface area (Å²) < 4.78 is 6.69. The summed E-state index contributed by atoms with van der Waals surface area (Å²) >= 11 is 8.86. The molecule has 0 unspecified atom stereocenters. The molecule has 3 aromatic rings. The zero-order valence-electron chi connectivity index (χ0n) is 17.9. The van der Waals surface area contributed by atoms with Crippen LogP contribution in [0.1, 0.15) is 30.6 Å². The van der Waals surface area contributed by atoms with E-state index >= 15 is 0 Å². The Hall–Kier alpha value is -2.43. The Morgan fingerprint density at radius 3 is 2.53 bits per heavy atom. The fourth-order valence-electron chi connectivity index (χ4n) is 2.82. The number of rotatable bonds is 10. The van der Waals surface area contributed by atoms with E-state index < -0.39 is 5.97 Å². The SMILES string of the molecule is CCOC(=O)CC(=O)CSc1nnc(CSc2nc(C)cc(C)n2)n1-c1cccc(Cl)c1. The molecule has 3 rings (SSSR count). The van der Waals surface area contributed by atoms with Crippen molar-refractivity contribution in [1.82, 2.24) is 24.7 Å². The van der Waals surface area contributed by atoms with Gasteiger partial charge in [-0.15, -0.1) is 10.2 Å². The van der Waals surface area contributed by atoms with Crippen molar-refractivity contribution in [2.45, 2.75) is 43.3 Å². The Bertz CT molecular complexity index is 1100. The minimum atomic E-state index is -0.528. The molecular formula is C21H22ClN5O3S2. The van der Waals surface area contributed by atoms with Crippen molar-refractivity contribution in [2.24, 2.45) is 0 Å². The molecule has 0 radical (unpaired) electrons. The molecule has 32 heavy (non-hydrogen) atoms. The first-order chi connectivity index (χ1) is 15.4. The van der Waals surface area contributed by atoms with Crippen LogP contribution < -0.4 is 0 Å². The number of benzene rings is 1. The first-order valence-electron chi connectivity index (χ1n) is 9.81. The molecule has 0 fully saturated rings. The normalized spacial score (nSPS) is 10.9. The van der Waals surface area contributed by atoms with Crippen LogP contribution in [0, 0.1) is 13.8 Å². The highest BCUT2D eigenvalue weighted by Gasteiger charge is 2.18. The Labute approximate surface area is 199 Å². The molecule has 0 saturated heterocycles. The van der Waals surface area contributed by atoms with Crippen molar-refractivity contribution < 1.29 is 14.3 Å². The largest absolute Gasteiger partial charge is 0.466 e. The van der Waals surface area contributed by atoms with Gasteiger partial charge in [0.1, 0.15) is 12.2 Å². The third-order valence-electron chi connectivity index (χ3n) is 4.07. The Morgan fingerprint density at radius 2 is 1.84 bits per heavy atom. The molecule has 0 spiro atoms. The second kappa shape index (κ2) is 11.4. The van der Waals surface area contributed by atoms with Crippen molar-refractivity contribution in [3.63, 3.8) is 0 Å². The second-order valence-corrected chi connectivity index (χ2v) is 9.07. The number of carbonyl (C=O) groups excluding carboxylic acids is 2. The van der Waals surface area contributed by atoms with Gasteiger partial charge in [-0.25, -0.2) is 9.97 Å². The Balaban J connectivity index is 1.80. The van der Waals surface area contributed by atoms with Crippen LogP contribution in [0.2, 0.25) is 5.02 Å². The molecule has 0 aliphatic heterocycles. The summed E-state index contributed by atoms with van der Waals surface area (Å²) in [6, 6.07) is 9.23. The van der Waals surface area contributed by atoms with Gasteiger partial charge in [-0.2, -0.15) is 0 Å². The molecule has 1 aromatic carbocycles. The lowest BCUT2D eigenvalue weighted by molar-refractivity contribution is -0.145. The molecule has 0 aliphatic carbocycles. The molecule has 168 valence electrons. The molecule has 2 heterocycles. The summed E-state index contributed by atoms with van der Waals surface area (Å²) in [5.74, 6) is 0.443. The number of thioether (sulfide) groups is 2. The van der Waals surface area contributed by atoms with E-state index in [2.05, 4.69) is 20.2 Å². The van der Waals surface area contributed by atoms with Crippen LogP contribution in [0.5, 0.6) is 0 Å². The first-order valence-corrected chi connectivity index (χ1v) is 12.2. The summed E-state index contributed by atoms with van der Waals surface area (Å²) in [7, 11) is 0. The zero-order valence-corrected chi connectivity index (χ0v) is 20.3. The van der Waals surface area contributed by atoms with Gasteiger partial charge in [0.15, 0.2) is 16.1 Å². The molecular weight excluding hydrogens is 470 g/mol. The molecule has 0 amide bonds. The molecule has 11 heteroatoms. The Morgan fingerprint density at radius 1 is 1.09 bits per heavy atom. The number of Topliss-reactive ketones (excluding diaryl/α,β-unsaturated/α-hetero) is 1. The highest BCUT2D eigenvalue weighted by molar-refractivity contribution is 7.99. The monoisotopic (exact) mass is 491 g/mol. The summed E-state index contributed by atoms with van der Waals surface area (Å²) in [4.78, 5) is 32.6. The standard InChI is InChI=1S/C21H22ClN5O3S2/c1-4-30-19(29)10-17(28)11-32-21-26-25-18(27(21)16-7-5-6-15(22)9-16)12-31-20-23-13(2)8-14(3)24-20/h5-9H,4,10-12H2,1-3H3. The number of aromatic nitrogens is 5. The van der Waals surface area contributed by atoms with Crippen molar-refractivity contribution >= 4 is 46.9 Å². The molecule has 0 N–H and O–H groups in total. The average molecular weight is 492 g/mol. The van der Waals surface area contributed by atoms with Gasteiger partial charge in [-0.3, -0.25) is 14.2 Å². The van der Waals surface area contributed by atoms with Gasteiger partial charge >= 0.3 is 5.97 Å². The van der Waals surface area contributed by atoms with E-state index in [1.165, 1.54) is 23.5 Å². The van der Waals surface area contributed by atoms with Gasteiger partial charge in [-0.1, -0.05) is 41.2 Å². The van der Waals surface area contributed by atoms with Gasteiger partial charge in [0.05, 0.1) is 23.8 Å². The first kappa shape index (κ1) is 24.2. The van der Waals surface area contributed by atoms with Gasteiger partial charge in [0.25, 0.3) is 0 Å². The van der Waals surface area contributed by atoms with Gasteiger partial charge in [0, 0.05) is 16.4 Å². The van der Waals surface area contributed by atoms with Crippen LogP contribution in [0.25, 0.3) is 5.69 Å². The predicted octanol–water partition coefficient (Wildman–Crippen LogP) is 4.23. The number of esters is 1. The topological polar surface area (TPSA) is 99.9 Å². The fraction of sp³-hybridized carbons (Fsp3) is 0.333. The molecule has 0 saturated carbocycles. The van der Waals surface area contributed by atoms with Crippen LogP contribution in [0.4, 0.5) is 0 Å². The van der Waals surface area contributed by atoms with Crippen LogP contribution in [0.15, 0.2) is 40.6 Å². The number of nitrogens with zero attached hydrogens (tertiary/aromatic N) is 5. The summed E-state index contributed by atoms with van der Waals surface area (Å²) in [5.41, 5.74) is 2.57. The average Bonchev–Trinajstić information content (AvgIpc) is 3.13. The zero-order chi connectivity index (χ0) is 23.1. The minimum absolute atomic E-state index is 0.0742. The third kappa shape index (κ3) is 6.78. The minimum Gasteiger partial charge on any atom is -0.466 e. The van der Waals surface area contributed by atoms with Gasteiger partial charge in [-0.05, 0) is 45.0 Å². The van der Waals surface area contributed by atoms with Crippen molar-refractivity contribution in [2.75, 3.05) is 12.4 Å². The van der Waals surface area contributed by atoms with Crippen molar-refractivity contribution in [3.8, 4) is 5.69 Å². The van der Waals surface area contributed by atoms with Gasteiger partial charge < -0.3 is 4.74 Å². The van der Waals surface area contributed by atoms with Gasteiger partial charge in [0.2, 0.25) is 0 Å². The number of carbonyl (C=O) groups is 2. The van der Waals surface area contributed by atoms with Crippen molar-refractivity contribution in [3.05, 3.63) is 52.6 Å². The molecule has 0 bridgehead atoms. The number of aryl methyl sites for hydroxylation is 2. The fourth-order valence-corrected chi connectivity index (χ4v) is 4.70. The van der Waals surface area contributed by atoms with Crippen LogP contribution in [-0.4, -0.2) is 48.8 Å². The Kier molecular flexibility index (Phi) is 8.66. The number of ether oxygens (including phenoxy) is 1. The third-order valence-corrected chi connectivity index (χ3v) is 6.14. The second-order valence-electron chi connectivity index (χ2n) is 6.75. The van der Waals surface area contributed by atoms with E-state index in [4.69, 9.17) is 16.3 Å². The van der Waals surface area contributed by atoms with E-state index in [9.17, 15) is 9.59 Å². The van der Waals surface area contributed by atoms with Crippen molar-refractivity contribution in [1.29, 1.82) is 0 Å². The highest BCUT2D eigenvalue weighted by atomic mass is 35.5. The number of hydrogen-bond acceptors (Lipinski definition) is 9. The number of halogens is 1. The van der Waals surface area contributed by atoms with E-state index in [1.54, 1.807) is 19.1 Å². The summed E-state index contributed by atoms with van der Waals surface area (Å²) in [6.07, 6.45) is -0.265. The lowest BCUT2D eigenvalue weighted by atomic mass is 10.3. The smallest absolute Gasteiger partial charge is 0.313 e. The number of ketones is 1. The lowest BCUT2D eigenvalue weighted by Gasteiger charge is -2.10. The lowest BCUT2D eigenvalue weighted by Crippen LogP contribution is -2.13. The van der Waals surface area contributed by atoms with Crippen LogP contribution in [0.3, 0.4) is 0 Å². The van der Waals surface area contributed by atoms with E-state index in [1.807, 2.05) is 36.6 Å². The van der Waals surface area contributed by atoms with E-state index in [-0.39, 0.29) is 24.6 Å². The van der Waals surface area contributed by atoms with Crippen LogP contribution >= 0.6 is 35.1 Å². The quantitative estimate of drug-likeness (QED) is 0.178. The molecule has 0 aliphatic rings. The summed E-state index contributed by atoms with van der Waals surface area (Å²) in [5, 5.41) is 10.3. The van der Waals surface area contributed by atoms with Crippen LogP contribution in [-0.2, 0) is 20.1 Å². The molecule has 0 atom stereocenters. The molecule has 8 nitrogen and oxygen atoms in total. The summed E-state index contributed by atoms with van der Waals surface area (Å²) in [6.45, 7) is 5.80. The maximum Gasteiger partial charge on any atom is 0.313 e. The predicted molar refractivity (Wildman–Crippen MR) is 124 cm³/mol. The van der Waals surface area contributed by atoms with E-state index in [0.29, 0.717) is 26.9 Å². The number of hydrogen-bond donors (Lipinski definition) is 0. The van der Waals surface area contributed by atoms with E-state index in [0.717, 1.165) is 17.1 Å².